The van der Waals surface area contributed by atoms with Crippen molar-refractivity contribution in [2.24, 2.45) is 0 Å². The van der Waals surface area contributed by atoms with E-state index in [2.05, 4.69) is 14.9 Å². The minimum absolute atomic E-state index is 0.184. The number of benzene rings is 1. The smallest absolute Gasteiger partial charge is 0.264 e. The maximum absolute atomic E-state index is 13.3. The lowest BCUT2D eigenvalue weighted by molar-refractivity contribution is 0.570. The van der Waals surface area contributed by atoms with E-state index in [1.807, 2.05) is 0 Å². The molecule has 0 aliphatic heterocycles. The highest BCUT2D eigenvalue weighted by Gasteiger charge is 2.18. The molecular formula is C9H8FN3O2S. The number of sulfonamides is 1. The zero-order valence-electron chi connectivity index (χ0n) is 8.01. The van der Waals surface area contributed by atoms with Crippen molar-refractivity contribution in [3.63, 3.8) is 0 Å². The fourth-order valence-electron chi connectivity index (χ4n) is 1.18. The number of halogens is 1. The van der Waals surface area contributed by atoms with Crippen LogP contribution in [-0.4, -0.2) is 18.6 Å². The number of hydrogen-bond donors (Lipinski definition) is 2. The standard InChI is InChI=1S/C9H8FN3O2S/c10-7-3-1-2-4-8(7)16(14,15)13-9-5-6-11-12-9/h1-6H,(H2,11,12,13). The summed E-state index contributed by atoms with van der Waals surface area (Å²) in [6, 6.07) is 6.57. The molecule has 0 fully saturated rings. The minimum atomic E-state index is -3.91. The van der Waals surface area contributed by atoms with Gasteiger partial charge < -0.3 is 0 Å². The topological polar surface area (TPSA) is 74.8 Å². The molecule has 0 saturated heterocycles. The van der Waals surface area contributed by atoms with Crippen molar-refractivity contribution in [3.8, 4) is 0 Å². The molecule has 0 saturated carbocycles. The average molecular weight is 241 g/mol. The summed E-state index contributed by atoms with van der Waals surface area (Å²) in [7, 11) is -3.91. The molecule has 84 valence electrons. The van der Waals surface area contributed by atoms with Gasteiger partial charge in [0.25, 0.3) is 10.0 Å². The van der Waals surface area contributed by atoms with E-state index in [1.165, 1.54) is 30.5 Å². The Kier molecular flexibility index (Phi) is 2.61. The monoisotopic (exact) mass is 241 g/mol. The van der Waals surface area contributed by atoms with Crippen molar-refractivity contribution in [3.05, 3.63) is 42.3 Å². The first-order chi connectivity index (χ1) is 7.59. The first-order valence-electron chi connectivity index (χ1n) is 4.36. The normalized spacial score (nSPS) is 11.3. The molecule has 0 atom stereocenters. The van der Waals surface area contributed by atoms with Gasteiger partial charge in [0.1, 0.15) is 16.5 Å². The highest BCUT2D eigenvalue weighted by Crippen LogP contribution is 2.16. The number of rotatable bonds is 3. The van der Waals surface area contributed by atoms with Gasteiger partial charge in [-0.15, -0.1) is 0 Å². The highest BCUT2D eigenvalue weighted by atomic mass is 32.2. The Morgan fingerprint density at radius 3 is 2.62 bits per heavy atom. The molecule has 0 unspecified atom stereocenters. The van der Waals surface area contributed by atoms with Gasteiger partial charge in [-0.05, 0) is 12.1 Å². The van der Waals surface area contributed by atoms with Gasteiger partial charge in [0.15, 0.2) is 0 Å². The quantitative estimate of drug-likeness (QED) is 0.851. The molecule has 5 nitrogen and oxygen atoms in total. The second kappa shape index (κ2) is 3.93. The van der Waals surface area contributed by atoms with Crippen molar-refractivity contribution in [2.75, 3.05) is 4.72 Å². The first-order valence-corrected chi connectivity index (χ1v) is 5.84. The van der Waals surface area contributed by atoms with Gasteiger partial charge in [0.05, 0.1) is 6.20 Å². The van der Waals surface area contributed by atoms with Crippen LogP contribution in [0.2, 0.25) is 0 Å². The molecule has 0 spiro atoms. The summed E-state index contributed by atoms with van der Waals surface area (Å²) < 4.78 is 38.9. The molecule has 1 heterocycles. The van der Waals surface area contributed by atoms with Crippen LogP contribution in [-0.2, 0) is 10.0 Å². The van der Waals surface area contributed by atoms with E-state index in [0.29, 0.717) is 0 Å². The lowest BCUT2D eigenvalue weighted by atomic mass is 10.4. The number of nitrogens with zero attached hydrogens (tertiary/aromatic N) is 1. The summed E-state index contributed by atoms with van der Waals surface area (Å²) in [5, 5.41) is 6.00. The number of anilines is 1. The molecular weight excluding hydrogens is 233 g/mol. The summed E-state index contributed by atoms with van der Waals surface area (Å²) in [5.74, 6) is -0.613. The zero-order chi connectivity index (χ0) is 11.6. The van der Waals surface area contributed by atoms with Gasteiger partial charge in [0, 0.05) is 6.07 Å². The Balaban J connectivity index is 2.37. The molecule has 1 aromatic carbocycles. The summed E-state index contributed by atoms with van der Waals surface area (Å²) in [4.78, 5) is -0.399. The van der Waals surface area contributed by atoms with Crippen LogP contribution in [0.3, 0.4) is 0 Å². The molecule has 0 radical (unpaired) electrons. The Morgan fingerprint density at radius 1 is 1.25 bits per heavy atom. The number of aromatic nitrogens is 2. The fourth-order valence-corrected chi connectivity index (χ4v) is 2.27. The summed E-state index contributed by atoms with van der Waals surface area (Å²) >= 11 is 0. The van der Waals surface area contributed by atoms with E-state index in [4.69, 9.17) is 0 Å². The highest BCUT2D eigenvalue weighted by molar-refractivity contribution is 7.92. The van der Waals surface area contributed by atoms with Crippen LogP contribution in [0.25, 0.3) is 0 Å². The minimum Gasteiger partial charge on any atom is -0.264 e. The van der Waals surface area contributed by atoms with E-state index < -0.39 is 20.7 Å². The SMILES string of the molecule is O=S(=O)(Nc1ccn[nH]1)c1ccccc1F. The number of nitrogens with one attached hydrogen (secondary N) is 2. The molecule has 2 N–H and O–H groups in total. The molecule has 0 bridgehead atoms. The van der Waals surface area contributed by atoms with E-state index >= 15 is 0 Å². The molecule has 1 aromatic heterocycles. The Labute approximate surface area is 91.4 Å². The maximum Gasteiger partial charge on any atom is 0.265 e. The van der Waals surface area contributed by atoms with Crippen LogP contribution in [0, 0.1) is 5.82 Å². The lowest BCUT2D eigenvalue weighted by Gasteiger charge is -2.06. The van der Waals surface area contributed by atoms with Gasteiger partial charge in [-0.2, -0.15) is 5.10 Å². The van der Waals surface area contributed by atoms with Gasteiger partial charge in [0.2, 0.25) is 0 Å². The Bertz CT molecular complexity index is 581. The van der Waals surface area contributed by atoms with Crippen LogP contribution in [0.15, 0.2) is 41.4 Å². The third kappa shape index (κ3) is 2.03. The third-order valence-electron chi connectivity index (χ3n) is 1.87. The van der Waals surface area contributed by atoms with E-state index in [9.17, 15) is 12.8 Å². The average Bonchev–Trinajstić information content (AvgIpc) is 2.70. The van der Waals surface area contributed by atoms with Crippen molar-refractivity contribution in [1.82, 2.24) is 10.2 Å². The second-order valence-corrected chi connectivity index (χ2v) is 4.66. The van der Waals surface area contributed by atoms with Crippen LogP contribution in [0.5, 0.6) is 0 Å². The Hall–Kier alpha value is -1.89. The predicted molar refractivity (Wildman–Crippen MR) is 55.8 cm³/mol. The van der Waals surface area contributed by atoms with E-state index in [-0.39, 0.29) is 5.82 Å². The van der Waals surface area contributed by atoms with Gasteiger partial charge >= 0.3 is 0 Å². The lowest BCUT2D eigenvalue weighted by Crippen LogP contribution is -2.14. The molecule has 0 aliphatic rings. The maximum atomic E-state index is 13.3. The summed E-state index contributed by atoms with van der Waals surface area (Å²) in [6.07, 6.45) is 1.39. The van der Waals surface area contributed by atoms with Gasteiger partial charge in [-0.3, -0.25) is 9.82 Å². The number of H-pyrrole nitrogens is 1. The predicted octanol–water partition coefficient (Wildman–Crippen LogP) is 1.35. The largest absolute Gasteiger partial charge is 0.265 e. The number of hydrogen-bond acceptors (Lipinski definition) is 3. The van der Waals surface area contributed by atoms with Crippen LogP contribution in [0.4, 0.5) is 10.2 Å². The van der Waals surface area contributed by atoms with Crippen molar-refractivity contribution in [2.45, 2.75) is 4.90 Å². The van der Waals surface area contributed by atoms with E-state index in [1.54, 1.807) is 0 Å². The molecule has 2 rings (SSSR count). The first kappa shape index (κ1) is 10.6. The van der Waals surface area contributed by atoms with E-state index in [0.717, 1.165) is 6.07 Å². The zero-order valence-corrected chi connectivity index (χ0v) is 8.83. The van der Waals surface area contributed by atoms with Gasteiger partial charge in [-0.1, -0.05) is 12.1 Å². The summed E-state index contributed by atoms with van der Waals surface area (Å²) in [5.41, 5.74) is 0. The van der Waals surface area contributed by atoms with Gasteiger partial charge in [-0.25, -0.2) is 12.8 Å². The third-order valence-corrected chi connectivity index (χ3v) is 3.27. The van der Waals surface area contributed by atoms with Crippen molar-refractivity contribution >= 4 is 15.8 Å². The van der Waals surface area contributed by atoms with Crippen LogP contribution < -0.4 is 4.72 Å². The fraction of sp³-hybridized carbons (Fsp3) is 0. The molecule has 7 heteroatoms. The number of aromatic amines is 1. The molecule has 2 aromatic rings. The van der Waals surface area contributed by atoms with Crippen molar-refractivity contribution < 1.29 is 12.8 Å². The molecule has 16 heavy (non-hydrogen) atoms. The second-order valence-electron chi connectivity index (χ2n) is 3.01. The molecule has 0 amide bonds. The summed E-state index contributed by atoms with van der Waals surface area (Å²) in [6.45, 7) is 0. The van der Waals surface area contributed by atoms with Crippen LogP contribution in [0.1, 0.15) is 0 Å². The van der Waals surface area contributed by atoms with Crippen molar-refractivity contribution in [1.29, 1.82) is 0 Å². The molecule has 0 aliphatic carbocycles. The Morgan fingerprint density at radius 2 is 2.00 bits per heavy atom. The van der Waals surface area contributed by atoms with Crippen LogP contribution >= 0.6 is 0 Å².